The average molecular weight is 524 g/mol. The quantitative estimate of drug-likeness (QED) is 0.412. The predicted octanol–water partition coefficient (Wildman–Crippen LogP) is 5.19. The average Bonchev–Trinajstić information content (AvgIpc) is 3.36. The summed E-state index contributed by atoms with van der Waals surface area (Å²) in [5.74, 6) is -2.25. The van der Waals surface area contributed by atoms with Crippen molar-refractivity contribution in [2.45, 2.75) is 38.0 Å². The van der Waals surface area contributed by atoms with Gasteiger partial charge in [0.25, 0.3) is 0 Å². The van der Waals surface area contributed by atoms with E-state index in [1.165, 1.54) is 35.5 Å². The van der Waals surface area contributed by atoms with Crippen molar-refractivity contribution in [3.8, 4) is 0 Å². The second-order valence-electron chi connectivity index (χ2n) is 9.16. The van der Waals surface area contributed by atoms with Crippen LogP contribution >= 0.6 is 0 Å². The van der Waals surface area contributed by atoms with Gasteiger partial charge in [0, 0.05) is 17.5 Å². The Hall–Kier alpha value is -3.15. The lowest BCUT2D eigenvalue weighted by molar-refractivity contribution is -0.180. The van der Waals surface area contributed by atoms with E-state index in [-0.39, 0.29) is 31.2 Å². The first-order valence-corrected chi connectivity index (χ1v) is 11.6. The minimum Gasteiger partial charge on any atom is -0.383 e. The summed E-state index contributed by atoms with van der Waals surface area (Å²) in [7, 11) is 0. The van der Waals surface area contributed by atoms with Gasteiger partial charge in [-0.2, -0.15) is 18.3 Å². The molecule has 0 bridgehead atoms. The number of rotatable bonds is 8. The van der Waals surface area contributed by atoms with Crippen molar-refractivity contribution >= 4 is 6.08 Å². The maximum absolute atomic E-state index is 14.7. The van der Waals surface area contributed by atoms with Crippen molar-refractivity contribution in [2.24, 2.45) is 11.8 Å². The lowest BCUT2D eigenvalue weighted by atomic mass is 9.77. The van der Waals surface area contributed by atoms with Crippen LogP contribution in [0.15, 0.2) is 61.2 Å². The van der Waals surface area contributed by atoms with E-state index in [0.29, 0.717) is 12.0 Å². The van der Waals surface area contributed by atoms with E-state index < -0.39 is 41.2 Å². The van der Waals surface area contributed by atoms with Crippen LogP contribution in [0.3, 0.4) is 0 Å². The number of aliphatic hydroxyl groups is 1. The largest absolute Gasteiger partial charge is 0.416 e. The monoisotopic (exact) mass is 523 g/mol. The highest BCUT2D eigenvalue weighted by molar-refractivity contribution is 5.50. The third-order valence-electron chi connectivity index (χ3n) is 6.45. The SMILES string of the molecule is CC(CC1COC(C=Cc2ccc(C(F)(F)F)cc2)OC1)C(O)(Cn1cncn1)c1ccc(F)cc1F. The molecule has 0 saturated carbocycles. The number of aromatic nitrogens is 3. The van der Waals surface area contributed by atoms with Crippen LogP contribution in [-0.4, -0.2) is 39.4 Å². The normalized spacial score (nSPS) is 21.2. The molecular formula is C26H26F5N3O3. The van der Waals surface area contributed by atoms with Crippen molar-refractivity contribution in [3.63, 3.8) is 0 Å². The van der Waals surface area contributed by atoms with Crippen LogP contribution in [0.25, 0.3) is 6.08 Å². The highest BCUT2D eigenvalue weighted by Crippen LogP contribution is 2.38. The van der Waals surface area contributed by atoms with Gasteiger partial charge in [0.05, 0.1) is 25.3 Å². The van der Waals surface area contributed by atoms with Gasteiger partial charge in [0.1, 0.15) is 29.9 Å². The fourth-order valence-electron chi connectivity index (χ4n) is 4.38. The smallest absolute Gasteiger partial charge is 0.383 e. The number of halogens is 5. The molecule has 37 heavy (non-hydrogen) atoms. The fraction of sp³-hybridized carbons (Fsp3) is 0.385. The molecule has 2 aromatic carbocycles. The van der Waals surface area contributed by atoms with Crippen LogP contribution in [0.1, 0.15) is 30.0 Å². The molecule has 2 unspecified atom stereocenters. The molecule has 4 rings (SSSR count). The van der Waals surface area contributed by atoms with E-state index in [4.69, 9.17) is 9.47 Å². The molecule has 3 aromatic rings. The Labute approximate surface area is 210 Å². The topological polar surface area (TPSA) is 69.4 Å². The second-order valence-corrected chi connectivity index (χ2v) is 9.16. The summed E-state index contributed by atoms with van der Waals surface area (Å²) in [4.78, 5) is 3.86. The van der Waals surface area contributed by atoms with Gasteiger partial charge in [0.2, 0.25) is 0 Å². The van der Waals surface area contributed by atoms with E-state index >= 15 is 0 Å². The van der Waals surface area contributed by atoms with Crippen molar-refractivity contribution in [1.82, 2.24) is 14.8 Å². The molecule has 1 saturated heterocycles. The van der Waals surface area contributed by atoms with E-state index in [1.807, 2.05) is 0 Å². The maximum Gasteiger partial charge on any atom is 0.416 e. The van der Waals surface area contributed by atoms with Gasteiger partial charge in [0.15, 0.2) is 6.29 Å². The minimum absolute atomic E-state index is 0.0492. The maximum atomic E-state index is 14.7. The van der Waals surface area contributed by atoms with Crippen molar-refractivity contribution < 1.29 is 36.5 Å². The van der Waals surface area contributed by atoms with Gasteiger partial charge in [-0.25, -0.2) is 18.4 Å². The molecule has 1 aliphatic heterocycles. The zero-order valence-electron chi connectivity index (χ0n) is 19.9. The molecular weight excluding hydrogens is 497 g/mol. The highest BCUT2D eigenvalue weighted by atomic mass is 19.4. The molecule has 1 fully saturated rings. The van der Waals surface area contributed by atoms with E-state index in [2.05, 4.69) is 10.1 Å². The van der Waals surface area contributed by atoms with Gasteiger partial charge >= 0.3 is 6.18 Å². The first kappa shape index (κ1) is 26.9. The number of nitrogens with zero attached hydrogens (tertiary/aromatic N) is 3. The Kier molecular flexibility index (Phi) is 8.05. The van der Waals surface area contributed by atoms with Gasteiger partial charge < -0.3 is 14.6 Å². The Morgan fingerprint density at radius 1 is 1.11 bits per heavy atom. The van der Waals surface area contributed by atoms with Crippen LogP contribution in [0.5, 0.6) is 0 Å². The molecule has 2 heterocycles. The van der Waals surface area contributed by atoms with E-state index in [0.717, 1.165) is 24.3 Å². The van der Waals surface area contributed by atoms with Crippen molar-refractivity contribution in [2.75, 3.05) is 13.2 Å². The second kappa shape index (κ2) is 11.1. The molecule has 0 amide bonds. The lowest BCUT2D eigenvalue weighted by Gasteiger charge is -2.38. The summed E-state index contributed by atoms with van der Waals surface area (Å²) in [6.45, 7) is 2.25. The number of hydrogen-bond donors (Lipinski definition) is 1. The van der Waals surface area contributed by atoms with Gasteiger partial charge in [-0.3, -0.25) is 0 Å². The molecule has 2 atom stereocenters. The first-order chi connectivity index (χ1) is 17.5. The summed E-state index contributed by atoms with van der Waals surface area (Å²) >= 11 is 0. The van der Waals surface area contributed by atoms with E-state index in [1.54, 1.807) is 19.1 Å². The summed E-state index contributed by atoms with van der Waals surface area (Å²) in [5.41, 5.74) is -1.93. The molecule has 1 aliphatic rings. The number of ether oxygens (including phenoxy) is 2. The van der Waals surface area contributed by atoms with Gasteiger partial charge in [-0.05, 0) is 42.2 Å². The third kappa shape index (κ3) is 6.60. The molecule has 6 nitrogen and oxygen atoms in total. The Morgan fingerprint density at radius 3 is 2.41 bits per heavy atom. The molecule has 0 spiro atoms. The summed E-state index contributed by atoms with van der Waals surface area (Å²) in [6.07, 6.45) is 1.24. The number of benzene rings is 2. The van der Waals surface area contributed by atoms with Crippen LogP contribution in [0, 0.1) is 23.5 Å². The predicted molar refractivity (Wildman–Crippen MR) is 124 cm³/mol. The Balaban J connectivity index is 1.38. The van der Waals surface area contributed by atoms with Crippen LogP contribution in [0.2, 0.25) is 0 Å². The number of hydrogen-bond acceptors (Lipinski definition) is 5. The molecule has 11 heteroatoms. The van der Waals surface area contributed by atoms with E-state index in [9.17, 15) is 27.1 Å². The van der Waals surface area contributed by atoms with Crippen molar-refractivity contribution in [1.29, 1.82) is 0 Å². The molecule has 198 valence electrons. The van der Waals surface area contributed by atoms with Gasteiger partial charge in [-0.15, -0.1) is 0 Å². The summed E-state index contributed by atoms with van der Waals surface area (Å²) in [6, 6.07) is 7.78. The molecule has 0 aliphatic carbocycles. The van der Waals surface area contributed by atoms with Crippen molar-refractivity contribution in [3.05, 3.63) is 89.5 Å². The van der Waals surface area contributed by atoms with Crippen LogP contribution < -0.4 is 0 Å². The zero-order chi connectivity index (χ0) is 26.6. The zero-order valence-corrected chi connectivity index (χ0v) is 19.9. The number of alkyl halides is 3. The summed E-state index contributed by atoms with van der Waals surface area (Å²) in [5, 5.41) is 15.7. The Bertz CT molecular complexity index is 1190. The highest BCUT2D eigenvalue weighted by Gasteiger charge is 2.40. The third-order valence-corrected chi connectivity index (χ3v) is 6.45. The first-order valence-electron chi connectivity index (χ1n) is 11.6. The van der Waals surface area contributed by atoms with Crippen LogP contribution in [-0.2, 0) is 27.8 Å². The molecule has 0 radical (unpaired) electrons. The van der Waals surface area contributed by atoms with Crippen LogP contribution in [0.4, 0.5) is 22.0 Å². The molecule has 1 N–H and O–H groups in total. The molecule has 1 aromatic heterocycles. The lowest BCUT2D eigenvalue weighted by Crippen LogP contribution is -2.42. The van der Waals surface area contributed by atoms with Gasteiger partial charge in [-0.1, -0.05) is 31.2 Å². The fourth-order valence-corrected chi connectivity index (χ4v) is 4.38. The Morgan fingerprint density at radius 2 is 1.81 bits per heavy atom. The summed E-state index contributed by atoms with van der Waals surface area (Å²) < 4.78 is 79.2. The minimum atomic E-state index is -4.39. The standard InChI is InChI=1S/C26H26F5N3O3/c1-17(25(35,14-34-16-32-15-33-34)22-8-7-21(27)11-23(22)28)10-19-12-36-24(37-13-19)9-4-18-2-5-20(6-3-18)26(29,30)31/h2-9,11,15-17,19,24,35H,10,12-14H2,1H3.